The second kappa shape index (κ2) is 7.55. The van der Waals surface area contributed by atoms with Crippen molar-refractivity contribution in [2.45, 2.75) is 24.5 Å². The van der Waals surface area contributed by atoms with Gasteiger partial charge in [-0.3, -0.25) is 18.9 Å². The van der Waals surface area contributed by atoms with Gasteiger partial charge in [-0.15, -0.1) is 0 Å². The number of phosphoric acid groups is 1. The number of aromatic nitrogens is 2. The van der Waals surface area contributed by atoms with Gasteiger partial charge >= 0.3 is 19.5 Å². The number of nitrogens with zero attached hydrogens (tertiary/aromatic N) is 1. The molecular formula is C10H15N2O12P. The fraction of sp³-hybridized carbons (Fsp3) is 0.500. The van der Waals surface area contributed by atoms with Gasteiger partial charge in [0, 0.05) is 6.20 Å². The molecule has 142 valence electrons. The lowest BCUT2D eigenvalue weighted by molar-refractivity contribution is -0.0544. The average Bonchev–Trinajstić information content (AvgIpc) is 2.72. The second-order valence-corrected chi connectivity index (χ2v) is 6.09. The Balaban J connectivity index is 0.00000312. The number of hydrogen-bond acceptors (Lipinski definition) is 8. The van der Waals surface area contributed by atoms with Gasteiger partial charge in [0.2, 0.25) is 0 Å². The Labute approximate surface area is 137 Å². The lowest BCUT2D eigenvalue weighted by Gasteiger charge is -2.17. The molecule has 1 aromatic rings. The summed E-state index contributed by atoms with van der Waals surface area (Å²) in [6, 6.07) is 0. The van der Waals surface area contributed by atoms with Gasteiger partial charge in [0.05, 0.1) is 6.61 Å². The normalized spacial score (nSPS) is 26.2. The number of nitrogens with one attached hydrogen (secondary N) is 1. The maximum absolute atomic E-state index is 11.8. The molecule has 0 amide bonds. The maximum Gasteiger partial charge on any atom is 0.469 e. The van der Waals surface area contributed by atoms with E-state index in [9.17, 15) is 29.2 Å². The van der Waals surface area contributed by atoms with Crippen LogP contribution in [0.15, 0.2) is 15.8 Å². The molecule has 8 N–H and O–H groups in total. The highest BCUT2D eigenvalue weighted by molar-refractivity contribution is 7.46. The Bertz CT molecular complexity index is 796. The number of carboxylic acids is 1. The number of carboxylic acid groups (broad SMARTS) is 1. The summed E-state index contributed by atoms with van der Waals surface area (Å²) in [7, 11) is -4.86. The van der Waals surface area contributed by atoms with Gasteiger partial charge in [0.1, 0.15) is 23.9 Å². The van der Waals surface area contributed by atoms with E-state index in [1.54, 1.807) is 4.98 Å². The fourth-order valence-corrected chi connectivity index (χ4v) is 2.44. The molecule has 4 atom stereocenters. The Kier molecular flexibility index (Phi) is 6.39. The number of phosphoric ester groups is 1. The second-order valence-electron chi connectivity index (χ2n) is 4.85. The van der Waals surface area contributed by atoms with Crippen molar-refractivity contribution >= 4 is 13.8 Å². The van der Waals surface area contributed by atoms with Gasteiger partial charge < -0.3 is 35.3 Å². The summed E-state index contributed by atoms with van der Waals surface area (Å²) in [5, 5.41) is 28.6. The van der Waals surface area contributed by atoms with E-state index in [4.69, 9.17) is 19.6 Å². The van der Waals surface area contributed by atoms with Crippen molar-refractivity contribution in [1.29, 1.82) is 0 Å². The van der Waals surface area contributed by atoms with E-state index in [1.807, 2.05) is 0 Å². The molecule has 2 rings (SSSR count). The van der Waals surface area contributed by atoms with Gasteiger partial charge in [0.25, 0.3) is 5.56 Å². The Morgan fingerprint density at radius 3 is 2.44 bits per heavy atom. The average molecular weight is 386 g/mol. The number of H-pyrrole nitrogens is 1. The molecule has 14 nitrogen and oxygen atoms in total. The highest BCUT2D eigenvalue weighted by atomic mass is 31.2. The summed E-state index contributed by atoms with van der Waals surface area (Å²) in [6.07, 6.45) is -5.83. The summed E-state index contributed by atoms with van der Waals surface area (Å²) in [6.45, 7) is -0.803. The lowest BCUT2D eigenvalue weighted by Crippen LogP contribution is -2.39. The number of rotatable bonds is 5. The molecule has 15 heteroatoms. The smallest absolute Gasteiger partial charge is 0.469 e. The Morgan fingerprint density at radius 1 is 1.32 bits per heavy atom. The van der Waals surface area contributed by atoms with Crippen LogP contribution in [0.4, 0.5) is 0 Å². The first-order chi connectivity index (χ1) is 11.0. The quantitative estimate of drug-likeness (QED) is 0.267. The molecule has 1 aliphatic rings. The standard InChI is InChI=1S/C10H13N2O11P.H2O/c13-5-4(2-22-24(19,20)21)23-8(6(5)14)12-1-3(9(16)17)7(15)11-10(12)18;/h1,4-6,8,13-14H,2H2,(H,16,17)(H,11,15,18)(H2,19,20,21);1H2/t4-,5-,6-,8-;/m1./s1. The molecule has 2 heterocycles. The molecule has 0 spiro atoms. The third kappa shape index (κ3) is 4.59. The molecule has 1 fully saturated rings. The van der Waals surface area contributed by atoms with Crippen molar-refractivity contribution in [3.05, 3.63) is 32.6 Å². The minimum Gasteiger partial charge on any atom is -0.477 e. The number of carbonyl (C=O) groups is 1. The van der Waals surface area contributed by atoms with Crippen LogP contribution in [0.1, 0.15) is 16.6 Å². The number of aliphatic hydroxyl groups is 2. The molecule has 0 unspecified atom stereocenters. The molecule has 1 aromatic heterocycles. The zero-order chi connectivity index (χ0) is 18.2. The van der Waals surface area contributed by atoms with Crippen molar-refractivity contribution in [2.24, 2.45) is 0 Å². The minimum atomic E-state index is -4.86. The number of aromatic carboxylic acids is 1. The first-order valence-electron chi connectivity index (χ1n) is 6.31. The van der Waals surface area contributed by atoms with E-state index >= 15 is 0 Å². The monoisotopic (exact) mass is 386 g/mol. The van der Waals surface area contributed by atoms with Crippen LogP contribution in [0.3, 0.4) is 0 Å². The molecule has 1 aliphatic heterocycles. The van der Waals surface area contributed by atoms with E-state index in [1.165, 1.54) is 0 Å². The summed E-state index contributed by atoms with van der Waals surface area (Å²) in [4.78, 5) is 53.0. The van der Waals surface area contributed by atoms with Gasteiger partial charge in [-0.2, -0.15) is 0 Å². The van der Waals surface area contributed by atoms with Gasteiger partial charge in [0.15, 0.2) is 6.23 Å². The van der Waals surface area contributed by atoms with E-state index in [2.05, 4.69) is 4.52 Å². The van der Waals surface area contributed by atoms with Gasteiger partial charge in [-0.1, -0.05) is 0 Å². The summed E-state index contributed by atoms with van der Waals surface area (Å²) in [5.41, 5.74) is -3.09. The first-order valence-corrected chi connectivity index (χ1v) is 7.84. The van der Waals surface area contributed by atoms with Crippen molar-refractivity contribution in [3.63, 3.8) is 0 Å². The molecule has 25 heavy (non-hydrogen) atoms. The lowest BCUT2D eigenvalue weighted by atomic mass is 10.1. The Hall–Kier alpha value is -1.90. The zero-order valence-electron chi connectivity index (χ0n) is 12.2. The number of ether oxygens (including phenoxy) is 1. The van der Waals surface area contributed by atoms with Crippen molar-refractivity contribution < 1.29 is 49.2 Å². The molecule has 0 bridgehead atoms. The third-order valence-corrected chi connectivity index (χ3v) is 3.70. The van der Waals surface area contributed by atoms with Crippen LogP contribution in [0.25, 0.3) is 0 Å². The van der Waals surface area contributed by atoms with E-state index < -0.39 is 61.8 Å². The fourth-order valence-electron chi connectivity index (χ4n) is 2.09. The van der Waals surface area contributed by atoms with Crippen LogP contribution >= 0.6 is 7.82 Å². The van der Waals surface area contributed by atoms with Crippen LogP contribution in [0, 0.1) is 0 Å². The highest BCUT2D eigenvalue weighted by Crippen LogP contribution is 2.38. The number of aliphatic hydroxyl groups excluding tert-OH is 2. The third-order valence-electron chi connectivity index (χ3n) is 3.22. The summed E-state index contributed by atoms with van der Waals surface area (Å²) < 4.78 is 20.5. The molecular weight excluding hydrogens is 371 g/mol. The first kappa shape index (κ1) is 21.1. The topological polar surface area (TPSA) is 240 Å². The SMILES string of the molecule is O.O=C(O)c1cn([C@@H]2O[C@H](COP(=O)(O)O)[C@@H](O)[C@H]2O)c(=O)[nH]c1=O. The number of aromatic amines is 1. The van der Waals surface area contributed by atoms with Crippen molar-refractivity contribution in [1.82, 2.24) is 9.55 Å². The minimum absolute atomic E-state index is 0. The van der Waals surface area contributed by atoms with E-state index in [0.29, 0.717) is 10.8 Å². The predicted octanol–water partition coefficient (Wildman–Crippen LogP) is -3.86. The van der Waals surface area contributed by atoms with Crippen LogP contribution in [-0.2, 0) is 13.8 Å². The summed E-state index contributed by atoms with van der Waals surface area (Å²) in [5.74, 6) is -1.64. The highest BCUT2D eigenvalue weighted by Gasteiger charge is 2.45. The molecule has 0 aliphatic carbocycles. The van der Waals surface area contributed by atoms with E-state index in [0.717, 1.165) is 0 Å². The van der Waals surface area contributed by atoms with Gasteiger partial charge in [-0.05, 0) is 0 Å². The summed E-state index contributed by atoms with van der Waals surface area (Å²) >= 11 is 0. The number of hydrogen-bond donors (Lipinski definition) is 6. The van der Waals surface area contributed by atoms with Crippen LogP contribution in [-0.4, -0.2) is 71.0 Å². The molecule has 0 saturated carbocycles. The van der Waals surface area contributed by atoms with Crippen LogP contribution in [0.2, 0.25) is 0 Å². The molecule has 0 radical (unpaired) electrons. The Morgan fingerprint density at radius 2 is 1.92 bits per heavy atom. The van der Waals surface area contributed by atoms with Gasteiger partial charge in [-0.25, -0.2) is 14.2 Å². The van der Waals surface area contributed by atoms with Crippen molar-refractivity contribution in [2.75, 3.05) is 6.61 Å². The predicted molar refractivity (Wildman–Crippen MR) is 75.8 cm³/mol. The largest absolute Gasteiger partial charge is 0.477 e. The molecule has 1 saturated heterocycles. The van der Waals surface area contributed by atoms with Crippen molar-refractivity contribution in [3.8, 4) is 0 Å². The van der Waals surface area contributed by atoms with Crippen LogP contribution < -0.4 is 11.2 Å². The van der Waals surface area contributed by atoms with E-state index in [-0.39, 0.29) is 5.48 Å². The van der Waals surface area contributed by atoms with Crippen LogP contribution in [0.5, 0.6) is 0 Å². The zero-order valence-corrected chi connectivity index (χ0v) is 13.1. The maximum atomic E-state index is 11.8. The molecule has 0 aromatic carbocycles.